The molecule has 0 saturated carbocycles. The lowest BCUT2D eigenvalue weighted by molar-refractivity contribution is 0.423. The zero-order chi connectivity index (χ0) is 9.97. The van der Waals surface area contributed by atoms with Gasteiger partial charge < -0.3 is 10.3 Å². The molecule has 0 aromatic carbocycles. The van der Waals surface area contributed by atoms with Crippen LogP contribution >= 0.6 is 11.3 Å². The summed E-state index contributed by atoms with van der Waals surface area (Å²) in [5, 5.41) is 3.74. The van der Waals surface area contributed by atoms with Gasteiger partial charge in [-0.05, 0) is 18.6 Å². The van der Waals surface area contributed by atoms with Crippen molar-refractivity contribution in [2.45, 2.75) is 19.9 Å². The second-order valence-electron chi connectivity index (χ2n) is 2.84. The predicted octanol–water partition coefficient (Wildman–Crippen LogP) is 1.82. The molecule has 14 heavy (non-hydrogen) atoms. The van der Waals surface area contributed by atoms with Crippen LogP contribution in [-0.4, -0.2) is 10.1 Å². The van der Waals surface area contributed by atoms with Crippen molar-refractivity contribution >= 4 is 11.3 Å². The lowest BCUT2D eigenvalue weighted by Crippen LogP contribution is -1.97. The van der Waals surface area contributed by atoms with Gasteiger partial charge >= 0.3 is 0 Å². The summed E-state index contributed by atoms with van der Waals surface area (Å²) in [6, 6.07) is 4.07. The van der Waals surface area contributed by atoms with Crippen LogP contribution in [0.2, 0.25) is 0 Å². The first-order chi connectivity index (χ1) is 6.83. The molecular formula is C9H11N3OS. The first-order valence-electron chi connectivity index (χ1n) is 4.45. The SMILES string of the molecule is CCc1ccc(-c2nc(CN)no2)s1. The number of aromatic nitrogens is 2. The van der Waals surface area contributed by atoms with Gasteiger partial charge in [0.15, 0.2) is 5.82 Å². The minimum atomic E-state index is 0.315. The summed E-state index contributed by atoms with van der Waals surface area (Å²) >= 11 is 1.67. The van der Waals surface area contributed by atoms with Crippen molar-refractivity contribution in [3.05, 3.63) is 22.8 Å². The Hall–Kier alpha value is -1.20. The van der Waals surface area contributed by atoms with E-state index >= 15 is 0 Å². The monoisotopic (exact) mass is 209 g/mol. The molecule has 4 nitrogen and oxygen atoms in total. The van der Waals surface area contributed by atoms with Crippen molar-refractivity contribution in [2.75, 3.05) is 0 Å². The Morgan fingerprint density at radius 2 is 2.36 bits per heavy atom. The maximum atomic E-state index is 5.39. The van der Waals surface area contributed by atoms with Crippen molar-refractivity contribution in [3.8, 4) is 10.8 Å². The van der Waals surface area contributed by atoms with E-state index < -0.39 is 0 Å². The minimum absolute atomic E-state index is 0.315. The van der Waals surface area contributed by atoms with Crippen LogP contribution in [0, 0.1) is 0 Å². The fraction of sp³-hybridized carbons (Fsp3) is 0.333. The highest BCUT2D eigenvalue weighted by atomic mass is 32.1. The van der Waals surface area contributed by atoms with Crippen LogP contribution in [0.1, 0.15) is 17.6 Å². The summed E-state index contributed by atoms with van der Waals surface area (Å²) in [4.78, 5) is 6.48. The topological polar surface area (TPSA) is 64.9 Å². The maximum absolute atomic E-state index is 5.39. The van der Waals surface area contributed by atoms with Crippen LogP contribution in [0.5, 0.6) is 0 Å². The van der Waals surface area contributed by atoms with Gasteiger partial charge in [0.05, 0.1) is 11.4 Å². The Bertz CT molecular complexity index is 381. The Labute approximate surface area is 85.7 Å². The molecule has 0 aliphatic rings. The lowest BCUT2D eigenvalue weighted by Gasteiger charge is -1.85. The molecule has 5 heteroatoms. The standard InChI is InChI=1S/C9H11N3OS/c1-2-6-3-4-7(14-6)9-11-8(5-10)12-13-9/h3-4H,2,5,10H2,1H3. The smallest absolute Gasteiger partial charge is 0.268 e. The van der Waals surface area contributed by atoms with Crippen LogP contribution in [0.15, 0.2) is 16.7 Å². The molecule has 0 atom stereocenters. The first kappa shape index (κ1) is 9.36. The highest BCUT2D eigenvalue weighted by molar-refractivity contribution is 7.15. The highest BCUT2D eigenvalue weighted by Gasteiger charge is 2.09. The number of thiophene rings is 1. The van der Waals surface area contributed by atoms with Gasteiger partial charge in [-0.25, -0.2) is 0 Å². The van der Waals surface area contributed by atoms with E-state index in [1.807, 2.05) is 6.07 Å². The van der Waals surface area contributed by atoms with Crippen LogP contribution in [0.25, 0.3) is 10.8 Å². The normalized spacial score (nSPS) is 10.7. The number of nitrogens with zero attached hydrogens (tertiary/aromatic N) is 2. The summed E-state index contributed by atoms with van der Waals surface area (Å²) < 4.78 is 5.07. The minimum Gasteiger partial charge on any atom is -0.333 e. The second kappa shape index (κ2) is 3.89. The molecule has 0 fully saturated rings. The lowest BCUT2D eigenvalue weighted by atomic mass is 10.4. The summed E-state index contributed by atoms with van der Waals surface area (Å²) in [6.45, 7) is 2.43. The van der Waals surface area contributed by atoms with Crippen molar-refractivity contribution in [1.29, 1.82) is 0 Å². The van der Waals surface area contributed by atoms with E-state index in [1.165, 1.54) is 4.88 Å². The molecule has 74 valence electrons. The zero-order valence-electron chi connectivity index (χ0n) is 7.86. The van der Waals surface area contributed by atoms with Gasteiger partial charge in [0, 0.05) is 4.88 Å². The van der Waals surface area contributed by atoms with Crippen molar-refractivity contribution in [2.24, 2.45) is 5.73 Å². The van der Waals surface area contributed by atoms with E-state index in [4.69, 9.17) is 10.3 Å². The molecule has 2 rings (SSSR count). The largest absolute Gasteiger partial charge is 0.333 e. The van der Waals surface area contributed by atoms with E-state index in [0.717, 1.165) is 11.3 Å². The third-order valence-corrected chi connectivity index (χ3v) is 3.09. The molecule has 0 saturated heterocycles. The number of aryl methyl sites for hydroxylation is 1. The van der Waals surface area contributed by atoms with Gasteiger partial charge in [-0.15, -0.1) is 11.3 Å². The molecule has 2 N–H and O–H groups in total. The molecule has 2 aromatic rings. The van der Waals surface area contributed by atoms with Gasteiger partial charge in [0.1, 0.15) is 0 Å². The Morgan fingerprint density at radius 1 is 1.50 bits per heavy atom. The Balaban J connectivity index is 2.29. The number of hydrogen-bond acceptors (Lipinski definition) is 5. The molecule has 0 amide bonds. The van der Waals surface area contributed by atoms with E-state index in [9.17, 15) is 0 Å². The Kier molecular flexibility index (Phi) is 2.60. The van der Waals surface area contributed by atoms with Gasteiger partial charge in [-0.1, -0.05) is 12.1 Å². The molecule has 0 unspecified atom stereocenters. The fourth-order valence-electron chi connectivity index (χ4n) is 1.12. The zero-order valence-corrected chi connectivity index (χ0v) is 8.67. The van der Waals surface area contributed by atoms with Crippen molar-refractivity contribution < 1.29 is 4.52 Å². The number of hydrogen-bond donors (Lipinski definition) is 1. The maximum Gasteiger partial charge on any atom is 0.268 e. The molecule has 0 radical (unpaired) electrons. The molecule has 2 aromatic heterocycles. The summed E-state index contributed by atoms with van der Waals surface area (Å²) in [7, 11) is 0. The van der Waals surface area contributed by atoms with Crippen LogP contribution in [0.4, 0.5) is 0 Å². The molecule has 0 spiro atoms. The van der Waals surface area contributed by atoms with E-state index in [1.54, 1.807) is 11.3 Å². The molecule has 0 aliphatic carbocycles. The quantitative estimate of drug-likeness (QED) is 0.837. The average molecular weight is 209 g/mol. The number of rotatable bonds is 3. The molecule has 2 heterocycles. The third-order valence-electron chi connectivity index (χ3n) is 1.87. The number of nitrogens with two attached hydrogens (primary N) is 1. The fourth-order valence-corrected chi connectivity index (χ4v) is 1.99. The van der Waals surface area contributed by atoms with Gasteiger partial charge in [-0.3, -0.25) is 0 Å². The predicted molar refractivity (Wildman–Crippen MR) is 54.9 cm³/mol. The van der Waals surface area contributed by atoms with Crippen LogP contribution in [-0.2, 0) is 13.0 Å². The molecular weight excluding hydrogens is 198 g/mol. The summed E-state index contributed by atoms with van der Waals surface area (Å²) in [5.41, 5.74) is 5.39. The summed E-state index contributed by atoms with van der Waals surface area (Å²) in [5.74, 6) is 1.11. The van der Waals surface area contributed by atoms with Crippen LogP contribution < -0.4 is 5.73 Å². The molecule has 0 bridgehead atoms. The average Bonchev–Trinajstić information content (AvgIpc) is 2.86. The highest BCUT2D eigenvalue weighted by Crippen LogP contribution is 2.26. The Morgan fingerprint density at radius 3 is 2.93 bits per heavy atom. The van der Waals surface area contributed by atoms with E-state index in [-0.39, 0.29) is 0 Å². The van der Waals surface area contributed by atoms with E-state index in [2.05, 4.69) is 23.1 Å². The van der Waals surface area contributed by atoms with Gasteiger partial charge in [0.2, 0.25) is 0 Å². The third kappa shape index (κ3) is 1.69. The van der Waals surface area contributed by atoms with Gasteiger partial charge in [-0.2, -0.15) is 4.98 Å². The first-order valence-corrected chi connectivity index (χ1v) is 5.27. The molecule has 0 aliphatic heterocycles. The second-order valence-corrected chi connectivity index (χ2v) is 4.01. The van der Waals surface area contributed by atoms with Crippen LogP contribution in [0.3, 0.4) is 0 Å². The van der Waals surface area contributed by atoms with Crippen molar-refractivity contribution in [1.82, 2.24) is 10.1 Å². The summed E-state index contributed by atoms with van der Waals surface area (Å²) in [6.07, 6.45) is 1.03. The van der Waals surface area contributed by atoms with Gasteiger partial charge in [0.25, 0.3) is 5.89 Å². The van der Waals surface area contributed by atoms with Crippen molar-refractivity contribution in [3.63, 3.8) is 0 Å². The van der Waals surface area contributed by atoms with E-state index in [0.29, 0.717) is 18.3 Å².